The van der Waals surface area contributed by atoms with Crippen molar-refractivity contribution in [1.29, 1.82) is 0 Å². The summed E-state index contributed by atoms with van der Waals surface area (Å²) in [6.45, 7) is 0. The third-order valence-electron chi connectivity index (χ3n) is 11.0. The summed E-state index contributed by atoms with van der Waals surface area (Å²) < 4.78 is 12.8. The molecule has 2 aromatic heterocycles. The summed E-state index contributed by atoms with van der Waals surface area (Å²) in [6.07, 6.45) is 0. The fourth-order valence-corrected chi connectivity index (χ4v) is 8.85. The number of para-hydroxylation sites is 1. The minimum Gasteiger partial charge on any atom is -0.456 e. The summed E-state index contributed by atoms with van der Waals surface area (Å²) >= 11 is 0. The molecule has 0 atom stereocenters. The maximum atomic E-state index is 6.47. The van der Waals surface area contributed by atoms with E-state index in [0.29, 0.717) is 0 Å². The summed E-state index contributed by atoms with van der Waals surface area (Å²) in [6, 6.07) is 57.3. The molecule has 12 rings (SSSR count). The van der Waals surface area contributed by atoms with Crippen molar-refractivity contribution in [2.75, 3.05) is 0 Å². The predicted molar refractivity (Wildman–Crippen MR) is 211 cm³/mol. The number of furan rings is 2. The Kier molecular flexibility index (Phi) is 5.00. The van der Waals surface area contributed by atoms with Gasteiger partial charge in [0.05, 0.1) is 0 Å². The largest absolute Gasteiger partial charge is 0.456 e. The molecule has 0 saturated carbocycles. The van der Waals surface area contributed by atoms with Gasteiger partial charge in [-0.15, -0.1) is 0 Å². The molecule has 0 bridgehead atoms. The lowest BCUT2D eigenvalue weighted by molar-refractivity contribution is 0.664. The van der Waals surface area contributed by atoms with Crippen LogP contribution in [0.1, 0.15) is 0 Å². The van der Waals surface area contributed by atoms with E-state index in [1.807, 2.05) is 12.1 Å². The molecule has 2 heterocycles. The summed E-state index contributed by atoms with van der Waals surface area (Å²) in [5.41, 5.74) is 8.46. The van der Waals surface area contributed by atoms with E-state index in [1.165, 1.54) is 76.1 Å². The molecule has 0 N–H and O–H groups in total. The topological polar surface area (TPSA) is 26.3 Å². The monoisotopic (exact) mass is 634 g/mol. The number of rotatable bonds is 2. The standard InChI is InChI=1S/C48H26O2/c1-3-15-34-32(13-1)46(30-21-22-42-37(23-30)39-26-43-38(25-44(39)50-42)31-12-5-6-18-41(31)49-43)33-14-2-4-16-35(33)48(34)40-24-29-11-7-9-27-19-20-28-10-8-17-36(40)47(28)45(27)29/h1-26H. The normalized spacial score (nSPS) is 12.4. The Morgan fingerprint density at radius 1 is 0.280 bits per heavy atom. The smallest absolute Gasteiger partial charge is 0.136 e. The number of hydrogen-bond acceptors (Lipinski definition) is 2. The van der Waals surface area contributed by atoms with Gasteiger partial charge < -0.3 is 8.83 Å². The third kappa shape index (κ3) is 3.42. The van der Waals surface area contributed by atoms with Crippen molar-refractivity contribution in [2.24, 2.45) is 0 Å². The maximum absolute atomic E-state index is 6.47. The van der Waals surface area contributed by atoms with Gasteiger partial charge in [0.1, 0.15) is 22.3 Å². The van der Waals surface area contributed by atoms with E-state index >= 15 is 0 Å². The maximum Gasteiger partial charge on any atom is 0.136 e. The van der Waals surface area contributed by atoms with Gasteiger partial charge in [-0.2, -0.15) is 0 Å². The van der Waals surface area contributed by atoms with Crippen LogP contribution in [0.2, 0.25) is 0 Å². The zero-order chi connectivity index (χ0) is 32.5. The minimum absolute atomic E-state index is 0.870. The fourth-order valence-electron chi connectivity index (χ4n) is 8.85. The SMILES string of the molecule is c1cc2ccc3cccc4c(-c5c6ccccc6c(-c6ccc7oc8cc9c(cc8c7c6)oc6ccccc69)c6ccccc56)cc(c1)c2c34. The number of hydrogen-bond donors (Lipinski definition) is 0. The Morgan fingerprint density at radius 2 is 0.800 bits per heavy atom. The van der Waals surface area contributed by atoms with E-state index in [0.717, 1.165) is 43.9 Å². The second-order valence-electron chi connectivity index (χ2n) is 13.6. The van der Waals surface area contributed by atoms with Gasteiger partial charge in [-0.1, -0.05) is 121 Å². The molecular formula is C48H26O2. The quantitative estimate of drug-likeness (QED) is 0.140. The molecule has 0 spiro atoms. The first kappa shape index (κ1) is 26.3. The molecule has 10 aromatic carbocycles. The zero-order valence-electron chi connectivity index (χ0n) is 26.8. The van der Waals surface area contributed by atoms with Crippen LogP contribution in [0.25, 0.3) is 120 Å². The van der Waals surface area contributed by atoms with Crippen LogP contribution in [-0.2, 0) is 0 Å². The van der Waals surface area contributed by atoms with Crippen molar-refractivity contribution < 1.29 is 8.83 Å². The van der Waals surface area contributed by atoms with Crippen LogP contribution in [-0.4, -0.2) is 0 Å². The molecule has 2 heteroatoms. The van der Waals surface area contributed by atoms with E-state index in [9.17, 15) is 0 Å². The van der Waals surface area contributed by atoms with Crippen LogP contribution in [0.3, 0.4) is 0 Å². The average molecular weight is 635 g/mol. The third-order valence-corrected chi connectivity index (χ3v) is 11.0. The fraction of sp³-hybridized carbons (Fsp3) is 0. The lowest BCUT2D eigenvalue weighted by Gasteiger charge is -2.20. The Hall–Kier alpha value is -6.64. The molecule has 0 unspecified atom stereocenters. The lowest BCUT2D eigenvalue weighted by Crippen LogP contribution is -1.93. The molecule has 0 amide bonds. The van der Waals surface area contributed by atoms with Gasteiger partial charge in [0.15, 0.2) is 0 Å². The van der Waals surface area contributed by atoms with Crippen molar-refractivity contribution in [3.05, 3.63) is 158 Å². The average Bonchev–Trinajstić information content (AvgIpc) is 3.71. The van der Waals surface area contributed by atoms with Gasteiger partial charge in [-0.05, 0) is 113 Å². The molecule has 50 heavy (non-hydrogen) atoms. The molecule has 0 fully saturated rings. The first-order valence-corrected chi connectivity index (χ1v) is 17.2. The van der Waals surface area contributed by atoms with Gasteiger partial charge >= 0.3 is 0 Å². The molecule has 0 aliphatic rings. The van der Waals surface area contributed by atoms with Gasteiger partial charge in [0, 0.05) is 21.5 Å². The van der Waals surface area contributed by atoms with Crippen LogP contribution in [0.5, 0.6) is 0 Å². The first-order chi connectivity index (χ1) is 24.8. The molecule has 2 nitrogen and oxygen atoms in total. The molecule has 0 radical (unpaired) electrons. The summed E-state index contributed by atoms with van der Waals surface area (Å²) in [5.74, 6) is 0. The second kappa shape index (κ2) is 9.49. The minimum atomic E-state index is 0.870. The molecule has 12 aromatic rings. The highest BCUT2D eigenvalue weighted by Crippen LogP contribution is 2.48. The Labute approximate surface area is 285 Å². The first-order valence-electron chi connectivity index (χ1n) is 17.2. The summed E-state index contributed by atoms with van der Waals surface area (Å²) in [4.78, 5) is 0. The van der Waals surface area contributed by atoms with Crippen LogP contribution >= 0.6 is 0 Å². The van der Waals surface area contributed by atoms with Crippen molar-refractivity contribution in [1.82, 2.24) is 0 Å². The molecule has 230 valence electrons. The van der Waals surface area contributed by atoms with Crippen LogP contribution in [0.4, 0.5) is 0 Å². The van der Waals surface area contributed by atoms with Gasteiger partial charge in [0.2, 0.25) is 0 Å². The molecule has 0 aliphatic heterocycles. The Bertz CT molecular complexity index is 3320. The van der Waals surface area contributed by atoms with Crippen molar-refractivity contribution in [3.63, 3.8) is 0 Å². The van der Waals surface area contributed by atoms with Crippen LogP contribution in [0.15, 0.2) is 167 Å². The molecular weight excluding hydrogens is 609 g/mol. The molecule has 0 aliphatic carbocycles. The van der Waals surface area contributed by atoms with E-state index in [-0.39, 0.29) is 0 Å². The Morgan fingerprint density at radius 3 is 1.52 bits per heavy atom. The van der Waals surface area contributed by atoms with Gasteiger partial charge in [-0.25, -0.2) is 0 Å². The van der Waals surface area contributed by atoms with Crippen molar-refractivity contribution in [2.45, 2.75) is 0 Å². The van der Waals surface area contributed by atoms with Gasteiger partial charge in [-0.3, -0.25) is 0 Å². The number of benzene rings is 10. The zero-order valence-corrected chi connectivity index (χ0v) is 26.8. The Balaban J connectivity index is 1.17. The number of fused-ring (bicyclic) bond motifs is 8. The van der Waals surface area contributed by atoms with E-state index in [2.05, 4.69) is 146 Å². The highest BCUT2D eigenvalue weighted by atomic mass is 16.3. The van der Waals surface area contributed by atoms with Crippen molar-refractivity contribution in [3.8, 4) is 22.3 Å². The van der Waals surface area contributed by atoms with Gasteiger partial charge in [0.25, 0.3) is 0 Å². The summed E-state index contributed by atoms with van der Waals surface area (Å²) in [7, 11) is 0. The van der Waals surface area contributed by atoms with Crippen LogP contribution < -0.4 is 0 Å². The van der Waals surface area contributed by atoms with Crippen molar-refractivity contribution >= 4 is 97.7 Å². The van der Waals surface area contributed by atoms with E-state index in [1.54, 1.807) is 0 Å². The molecule has 0 saturated heterocycles. The van der Waals surface area contributed by atoms with E-state index < -0.39 is 0 Å². The lowest BCUT2D eigenvalue weighted by atomic mass is 9.82. The predicted octanol–water partition coefficient (Wildman–Crippen LogP) is 14.0. The highest BCUT2D eigenvalue weighted by molar-refractivity contribution is 6.30. The highest BCUT2D eigenvalue weighted by Gasteiger charge is 2.21. The summed E-state index contributed by atoms with van der Waals surface area (Å²) in [5, 5.41) is 17.1. The van der Waals surface area contributed by atoms with E-state index in [4.69, 9.17) is 8.83 Å². The van der Waals surface area contributed by atoms with Crippen LogP contribution in [0, 0.1) is 0 Å². The second-order valence-corrected chi connectivity index (χ2v) is 13.6.